The molecule has 2 amide bonds. The van der Waals surface area contributed by atoms with Crippen LogP contribution in [-0.4, -0.2) is 44.6 Å². The summed E-state index contributed by atoms with van der Waals surface area (Å²) in [5.41, 5.74) is 0.604. The van der Waals surface area contributed by atoms with Crippen molar-refractivity contribution >= 4 is 11.8 Å². The lowest BCUT2D eigenvalue weighted by molar-refractivity contribution is -0.134. The Hall–Kier alpha value is -1.85. The first-order valence-electron chi connectivity index (χ1n) is 11.9. The highest BCUT2D eigenvalue weighted by Crippen LogP contribution is 2.30. The molecular weight excluding hydrogens is 376 g/mol. The molecule has 6 nitrogen and oxygen atoms in total. The Morgan fingerprint density at radius 3 is 2.40 bits per heavy atom. The zero-order chi connectivity index (χ0) is 21.9. The van der Waals surface area contributed by atoms with Crippen molar-refractivity contribution in [2.45, 2.75) is 110 Å². The van der Waals surface area contributed by atoms with E-state index in [0.717, 1.165) is 25.0 Å². The summed E-state index contributed by atoms with van der Waals surface area (Å²) in [6.45, 7) is 11.4. The van der Waals surface area contributed by atoms with E-state index in [2.05, 4.69) is 38.1 Å². The molecule has 0 bridgehead atoms. The van der Waals surface area contributed by atoms with E-state index in [-0.39, 0.29) is 23.8 Å². The summed E-state index contributed by atoms with van der Waals surface area (Å²) in [7, 11) is 0. The Labute approximate surface area is 181 Å². The molecule has 0 saturated heterocycles. The van der Waals surface area contributed by atoms with Crippen LogP contribution in [0.4, 0.5) is 0 Å². The highest BCUT2D eigenvalue weighted by atomic mass is 16.2. The molecule has 0 radical (unpaired) electrons. The average molecular weight is 417 g/mol. The van der Waals surface area contributed by atoms with Crippen molar-refractivity contribution in [1.82, 2.24) is 20.0 Å². The lowest BCUT2D eigenvalue weighted by atomic mass is 9.91. The van der Waals surface area contributed by atoms with Crippen molar-refractivity contribution in [3.8, 4) is 0 Å². The smallest absolute Gasteiger partial charge is 0.273 e. The van der Waals surface area contributed by atoms with Gasteiger partial charge in [-0.15, -0.1) is 0 Å². The third-order valence-corrected chi connectivity index (χ3v) is 6.77. The molecule has 0 aromatic carbocycles. The zero-order valence-corrected chi connectivity index (χ0v) is 19.5. The highest BCUT2D eigenvalue weighted by molar-refractivity contribution is 5.99. The fourth-order valence-corrected chi connectivity index (χ4v) is 4.62. The average Bonchev–Trinajstić information content (AvgIpc) is 3.07. The molecule has 30 heavy (non-hydrogen) atoms. The molecule has 1 aliphatic carbocycles. The first kappa shape index (κ1) is 22.8. The van der Waals surface area contributed by atoms with Crippen LogP contribution in [0.15, 0.2) is 6.07 Å². The Morgan fingerprint density at radius 2 is 1.80 bits per heavy atom. The van der Waals surface area contributed by atoms with Crippen LogP contribution in [0.25, 0.3) is 0 Å². The second kappa shape index (κ2) is 9.52. The number of rotatable bonds is 6. The predicted octanol–water partition coefficient (Wildman–Crippen LogP) is 4.50. The Morgan fingerprint density at radius 1 is 1.17 bits per heavy atom. The Balaban J connectivity index is 1.86. The normalized spacial score (nSPS) is 23.4. The third kappa shape index (κ3) is 4.89. The van der Waals surface area contributed by atoms with E-state index in [9.17, 15) is 9.59 Å². The van der Waals surface area contributed by atoms with Gasteiger partial charge in [0, 0.05) is 12.6 Å². The summed E-state index contributed by atoms with van der Waals surface area (Å²) in [6.07, 6.45) is 9.07. The van der Waals surface area contributed by atoms with Gasteiger partial charge in [0.25, 0.3) is 5.91 Å². The molecular formula is C24H40N4O2. The summed E-state index contributed by atoms with van der Waals surface area (Å²) < 4.78 is 1.77. The van der Waals surface area contributed by atoms with Gasteiger partial charge in [0.05, 0.1) is 12.2 Å². The number of amides is 2. The number of carbonyl (C=O) groups excluding carboxylic acids is 2. The maximum Gasteiger partial charge on any atom is 0.273 e. The number of fused-ring (bicyclic) bond motifs is 1. The van der Waals surface area contributed by atoms with Crippen molar-refractivity contribution in [3.63, 3.8) is 0 Å². The number of nitrogens with zero attached hydrogens (tertiary/aromatic N) is 3. The van der Waals surface area contributed by atoms with Gasteiger partial charge in [0.1, 0.15) is 11.2 Å². The van der Waals surface area contributed by atoms with Crippen molar-refractivity contribution in [2.24, 2.45) is 5.92 Å². The molecule has 6 heteroatoms. The maximum absolute atomic E-state index is 13.6. The lowest BCUT2D eigenvalue weighted by Crippen LogP contribution is -2.65. The monoisotopic (exact) mass is 416 g/mol. The highest BCUT2D eigenvalue weighted by Gasteiger charge is 2.48. The Bertz CT molecular complexity index is 746. The fraction of sp³-hybridized carbons (Fsp3) is 0.792. The topological polar surface area (TPSA) is 67.2 Å². The van der Waals surface area contributed by atoms with E-state index in [0.29, 0.717) is 24.7 Å². The van der Waals surface area contributed by atoms with Crippen LogP contribution in [0.1, 0.15) is 108 Å². The third-order valence-electron chi connectivity index (χ3n) is 6.77. The molecule has 1 aromatic heterocycles. The number of nitrogens with one attached hydrogen (secondary N) is 1. The van der Waals surface area contributed by atoms with E-state index >= 15 is 0 Å². The quantitative estimate of drug-likeness (QED) is 0.743. The molecule has 1 fully saturated rings. The van der Waals surface area contributed by atoms with Crippen molar-refractivity contribution in [1.29, 1.82) is 0 Å². The second-order valence-electron chi connectivity index (χ2n) is 10.2. The molecule has 0 spiro atoms. The molecule has 168 valence electrons. The zero-order valence-electron chi connectivity index (χ0n) is 19.5. The molecule has 1 aromatic rings. The fourth-order valence-electron chi connectivity index (χ4n) is 4.62. The van der Waals surface area contributed by atoms with Crippen molar-refractivity contribution in [2.75, 3.05) is 6.54 Å². The minimum atomic E-state index is -0.915. The van der Waals surface area contributed by atoms with Crippen molar-refractivity contribution < 1.29 is 9.59 Å². The van der Waals surface area contributed by atoms with Gasteiger partial charge in [0.15, 0.2) is 0 Å². The van der Waals surface area contributed by atoms with E-state index in [1.165, 1.54) is 32.1 Å². The molecule has 3 rings (SSSR count). The van der Waals surface area contributed by atoms with Crippen LogP contribution >= 0.6 is 0 Å². The van der Waals surface area contributed by atoms with Crippen LogP contribution in [0.5, 0.6) is 0 Å². The maximum atomic E-state index is 13.6. The number of hydrogen-bond acceptors (Lipinski definition) is 3. The number of carbonyl (C=O) groups is 2. The SMILES string of the molecule is CC(C)CCN1C(=O)c2cc(C(C)C)nn2C[C@]1(C)C(=O)NC1CCCCCCC1. The van der Waals surface area contributed by atoms with Gasteiger partial charge in [-0.25, -0.2) is 0 Å². The van der Waals surface area contributed by atoms with Gasteiger partial charge >= 0.3 is 0 Å². The van der Waals surface area contributed by atoms with E-state index in [1.54, 1.807) is 4.68 Å². The minimum absolute atomic E-state index is 0.0302. The largest absolute Gasteiger partial charge is 0.351 e. The van der Waals surface area contributed by atoms with E-state index in [4.69, 9.17) is 0 Å². The van der Waals surface area contributed by atoms with Crippen molar-refractivity contribution in [3.05, 3.63) is 17.5 Å². The van der Waals surface area contributed by atoms with Gasteiger partial charge in [-0.1, -0.05) is 59.8 Å². The first-order chi connectivity index (χ1) is 14.2. The number of hydrogen-bond donors (Lipinski definition) is 1. The molecule has 0 unspecified atom stereocenters. The molecule has 1 saturated carbocycles. The summed E-state index contributed by atoms with van der Waals surface area (Å²) in [5, 5.41) is 7.99. The summed E-state index contributed by atoms with van der Waals surface area (Å²) in [4.78, 5) is 28.9. The molecule has 2 aliphatic rings. The second-order valence-corrected chi connectivity index (χ2v) is 10.2. The number of aromatic nitrogens is 2. The van der Waals surface area contributed by atoms with Gasteiger partial charge in [-0.3, -0.25) is 14.3 Å². The van der Waals surface area contributed by atoms with Crippen LogP contribution in [0, 0.1) is 5.92 Å². The molecule has 2 heterocycles. The minimum Gasteiger partial charge on any atom is -0.351 e. The van der Waals surface area contributed by atoms with E-state index < -0.39 is 5.54 Å². The van der Waals surface area contributed by atoms with Gasteiger partial charge in [-0.05, 0) is 44.1 Å². The molecule has 1 aliphatic heterocycles. The summed E-state index contributed by atoms with van der Waals surface area (Å²) in [6, 6.07) is 2.11. The van der Waals surface area contributed by atoms with Crippen LogP contribution in [0.2, 0.25) is 0 Å². The predicted molar refractivity (Wildman–Crippen MR) is 119 cm³/mol. The van der Waals surface area contributed by atoms with Crippen LogP contribution in [0.3, 0.4) is 0 Å². The summed E-state index contributed by atoms with van der Waals surface area (Å²) >= 11 is 0. The molecule has 1 atom stereocenters. The van der Waals surface area contributed by atoms with Gasteiger partial charge in [0.2, 0.25) is 5.91 Å². The van der Waals surface area contributed by atoms with Crippen LogP contribution in [-0.2, 0) is 11.3 Å². The van der Waals surface area contributed by atoms with Gasteiger partial charge < -0.3 is 10.2 Å². The van der Waals surface area contributed by atoms with Crippen LogP contribution < -0.4 is 5.32 Å². The summed E-state index contributed by atoms with van der Waals surface area (Å²) in [5.74, 6) is 0.609. The molecule has 1 N–H and O–H groups in total. The van der Waals surface area contributed by atoms with Gasteiger partial charge in [-0.2, -0.15) is 5.10 Å². The Kier molecular flexibility index (Phi) is 7.25. The standard InChI is InChI=1S/C24H40N4O2/c1-17(2)13-14-27-22(29)21-15-20(18(3)4)26-28(21)16-24(27,5)23(30)25-19-11-9-7-6-8-10-12-19/h15,17-19H,6-14,16H2,1-5H3,(H,25,30)/t24-/m1/s1. The first-order valence-corrected chi connectivity index (χ1v) is 11.9. The van der Waals surface area contributed by atoms with E-state index in [1.807, 2.05) is 17.9 Å². The lowest BCUT2D eigenvalue weighted by Gasteiger charge is -2.44.